The van der Waals surface area contributed by atoms with Crippen molar-refractivity contribution in [2.24, 2.45) is 0 Å². The van der Waals surface area contributed by atoms with Crippen LogP contribution in [0.3, 0.4) is 0 Å². The summed E-state index contributed by atoms with van der Waals surface area (Å²) in [5.74, 6) is 0.873. The average Bonchev–Trinajstić information content (AvgIpc) is 2.56. The number of thioether (sulfide) groups is 1. The van der Waals surface area contributed by atoms with E-state index >= 15 is 0 Å². The second-order valence-corrected chi connectivity index (χ2v) is 7.05. The molecule has 2 aromatic carbocycles. The van der Waals surface area contributed by atoms with Gasteiger partial charge in [0.2, 0.25) is 5.91 Å². The minimum absolute atomic E-state index is 0.0114. The number of benzene rings is 2. The number of anilines is 1. The molecular formula is C20H20N2O2S. The van der Waals surface area contributed by atoms with Gasteiger partial charge in [-0.05, 0) is 43.2 Å². The molecule has 0 spiro atoms. The summed E-state index contributed by atoms with van der Waals surface area (Å²) < 4.78 is 0. The molecule has 3 aromatic rings. The molecule has 0 aliphatic heterocycles. The summed E-state index contributed by atoms with van der Waals surface area (Å²) in [6.45, 7) is 3.97. The number of amides is 1. The van der Waals surface area contributed by atoms with Crippen LogP contribution in [0.25, 0.3) is 10.9 Å². The third kappa shape index (κ3) is 4.31. The van der Waals surface area contributed by atoms with Crippen LogP contribution < -0.4 is 10.7 Å². The third-order valence-electron chi connectivity index (χ3n) is 3.92. The molecule has 0 saturated heterocycles. The first-order chi connectivity index (χ1) is 12.0. The molecular weight excluding hydrogens is 332 g/mol. The van der Waals surface area contributed by atoms with E-state index in [9.17, 15) is 9.59 Å². The van der Waals surface area contributed by atoms with Crippen molar-refractivity contribution < 1.29 is 4.79 Å². The van der Waals surface area contributed by atoms with E-state index in [4.69, 9.17) is 0 Å². The maximum absolute atomic E-state index is 12.2. The Balaban J connectivity index is 1.62. The van der Waals surface area contributed by atoms with Crippen LogP contribution in [-0.2, 0) is 10.5 Å². The highest BCUT2D eigenvalue weighted by Gasteiger charge is 2.07. The van der Waals surface area contributed by atoms with Gasteiger partial charge in [0.1, 0.15) is 0 Å². The lowest BCUT2D eigenvalue weighted by atomic mass is 10.1. The molecule has 128 valence electrons. The monoisotopic (exact) mass is 352 g/mol. The van der Waals surface area contributed by atoms with Gasteiger partial charge in [-0.15, -0.1) is 11.8 Å². The van der Waals surface area contributed by atoms with E-state index in [1.807, 2.05) is 56.3 Å². The fraction of sp³-hybridized carbons (Fsp3) is 0.200. The number of carbonyl (C=O) groups is 1. The van der Waals surface area contributed by atoms with Crippen molar-refractivity contribution in [1.29, 1.82) is 0 Å². The highest BCUT2D eigenvalue weighted by molar-refractivity contribution is 7.99. The van der Waals surface area contributed by atoms with Crippen LogP contribution >= 0.6 is 11.8 Å². The summed E-state index contributed by atoms with van der Waals surface area (Å²) in [4.78, 5) is 27.6. The van der Waals surface area contributed by atoms with Crippen molar-refractivity contribution in [3.8, 4) is 0 Å². The number of nitrogens with one attached hydrogen (secondary N) is 2. The van der Waals surface area contributed by atoms with Gasteiger partial charge in [0.25, 0.3) is 0 Å². The predicted molar refractivity (Wildman–Crippen MR) is 105 cm³/mol. The van der Waals surface area contributed by atoms with Crippen molar-refractivity contribution in [1.82, 2.24) is 4.98 Å². The summed E-state index contributed by atoms with van der Waals surface area (Å²) in [6.07, 6.45) is 0. The Kier molecular flexibility index (Phi) is 5.24. The van der Waals surface area contributed by atoms with Gasteiger partial charge in [-0.1, -0.05) is 24.3 Å². The lowest BCUT2D eigenvalue weighted by molar-refractivity contribution is -0.113. The van der Waals surface area contributed by atoms with Crippen molar-refractivity contribution in [2.75, 3.05) is 11.1 Å². The molecule has 0 bridgehead atoms. The number of hydrogen-bond acceptors (Lipinski definition) is 3. The molecule has 0 radical (unpaired) electrons. The first-order valence-corrected chi connectivity index (χ1v) is 9.24. The Morgan fingerprint density at radius 2 is 1.92 bits per heavy atom. The Hall–Kier alpha value is -2.53. The molecule has 4 nitrogen and oxygen atoms in total. The lowest BCUT2D eigenvalue weighted by Gasteiger charge is -2.08. The lowest BCUT2D eigenvalue weighted by Crippen LogP contribution is -2.14. The largest absolute Gasteiger partial charge is 0.357 e. The van der Waals surface area contributed by atoms with E-state index in [0.29, 0.717) is 16.9 Å². The van der Waals surface area contributed by atoms with Crippen LogP contribution in [0.15, 0.2) is 53.3 Å². The van der Waals surface area contributed by atoms with Gasteiger partial charge < -0.3 is 10.3 Å². The fourth-order valence-corrected chi connectivity index (χ4v) is 3.46. The van der Waals surface area contributed by atoms with E-state index in [2.05, 4.69) is 10.3 Å². The van der Waals surface area contributed by atoms with E-state index in [1.165, 1.54) is 11.8 Å². The highest BCUT2D eigenvalue weighted by Crippen LogP contribution is 2.16. The number of carbonyl (C=O) groups excluding carboxylic acids is 1. The van der Waals surface area contributed by atoms with Crippen LogP contribution in [0, 0.1) is 13.8 Å². The molecule has 0 fully saturated rings. The molecule has 0 unspecified atom stereocenters. The maximum atomic E-state index is 12.2. The highest BCUT2D eigenvalue weighted by atomic mass is 32.2. The summed E-state index contributed by atoms with van der Waals surface area (Å²) >= 11 is 1.48. The van der Waals surface area contributed by atoms with Crippen LogP contribution in [0.1, 0.15) is 16.8 Å². The van der Waals surface area contributed by atoms with Gasteiger partial charge in [-0.25, -0.2) is 0 Å². The first kappa shape index (κ1) is 17.3. The quantitative estimate of drug-likeness (QED) is 0.729. The smallest absolute Gasteiger partial charge is 0.234 e. The predicted octanol–water partition coefficient (Wildman–Crippen LogP) is 4.02. The number of aromatic nitrogens is 1. The van der Waals surface area contributed by atoms with Gasteiger partial charge in [0.15, 0.2) is 5.43 Å². The number of aryl methyl sites for hydroxylation is 2. The van der Waals surface area contributed by atoms with Crippen molar-refractivity contribution in [3.05, 3.63) is 75.6 Å². The molecule has 3 rings (SSSR count). The van der Waals surface area contributed by atoms with Crippen LogP contribution in [0.4, 0.5) is 5.69 Å². The molecule has 5 heteroatoms. The number of fused-ring (bicyclic) bond motifs is 1. The molecule has 0 aliphatic rings. The van der Waals surface area contributed by atoms with E-state index in [-0.39, 0.29) is 11.3 Å². The zero-order valence-corrected chi connectivity index (χ0v) is 15.1. The number of H-pyrrole nitrogens is 1. The molecule has 0 aliphatic carbocycles. The van der Waals surface area contributed by atoms with Gasteiger partial charge in [-0.2, -0.15) is 0 Å². The zero-order valence-electron chi connectivity index (χ0n) is 14.3. The fourth-order valence-electron chi connectivity index (χ4n) is 2.72. The Morgan fingerprint density at radius 1 is 1.12 bits per heavy atom. The van der Waals surface area contributed by atoms with Gasteiger partial charge >= 0.3 is 0 Å². The molecule has 1 heterocycles. The van der Waals surface area contributed by atoms with Gasteiger partial charge in [0.05, 0.1) is 11.3 Å². The molecule has 1 amide bonds. The van der Waals surface area contributed by atoms with Crippen LogP contribution in [0.5, 0.6) is 0 Å². The summed E-state index contributed by atoms with van der Waals surface area (Å²) in [6, 6.07) is 15.0. The van der Waals surface area contributed by atoms with Gasteiger partial charge in [-0.3, -0.25) is 9.59 Å². The molecule has 0 saturated carbocycles. The third-order valence-corrected chi connectivity index (χ3v) is 4.90. The number of rotatable bonds is 5. The second kappa shape index (κ2) is 7.57. The van der Waals surface area contributed by atoms with E-state index < -0.39 is 0 Å². The first-order valence-electron chi connectivity index (χ1n) is 8.09. The molecule has 2 N–H and O–H groups in total. The van der Waals surface area contributed by atoms with Crippen LogP contribution in [0.2, 0.25) is 0 Å². The van der Waals surface area contributed by atoms with Gasteiger partial charge in [0, 0.05) is 28.6 Å². The number of para-hydroxylation sites is 1. The van der Waals surface area contributed by atoms with Crippen molar-refractivity contribution in [3.63, 3.8) is 0 Å². The van der Waals surface area contributed by atoms with E-state index in [0.717, 1.165) is 28.0 Å². The minimum Gasteiger partial charge on any atom is -0.357 e. The summed E-state index contributed by atoms with van der Waals surface area (Å²) in [5, 5.41) is 3.59. The topological polar surface area (TPSA) is 62.0 Å². The SMILES string of the molecule is Cc1cccc(NC(=O)CSCc2cc(=O)c3cccc(C)c3[nH]2)c1. The second-order valence-electron chi connectivity index (χ2n) is 6.07. The number of aromatic amines is 1. The Labute approximate surface area is 150 Å². The normalized spacial score (nSPS) is 10.8. The van der Waals surface area contributed by atoms with Crippen molar-refractivity contribution >= 4 is 34.3 Å². The standard InChI is InChI=1S/C20H20N2O2S/c1-13-5-3-7-15(9-13)21-19(24)12-25-11-16-10-18(23)17-8-4-6-14(2)20(17)22-16/h3-10H,11-12H2,1-2H3,(H,21,24)(H,22,23). The summed E-state index contributed by atoms with van der Waals surface area (Å²) in [5.41, 5.74) is 4.67. The number of pyridine rings is 1. The average molecular weight is 352 g/mol. The Bertz CT molecular complexity index is 979. The number of hydrogen-bond donors (Lipinski definition) is 2. The molecule has 0 atom stereocenters. The van der Waals surface area contributed by atoms with Crippen molar-refractivity contribution in [2.45, 2.75) is 19.6 Å². The molecule has 25 heavy (non-hydrogen) atoms. The summed E-state index contributed by atoms with van der Waals surface area (Å²) in [7, 11) is 0. The maximum Gasteiger partial charge on any atom is 0.234 e. The zero-order chi connectivity index (χ0) is 17.8. The Morgan fingerprint density at radius 3 is 2.72 bits per heavy atom. The van der Waals surface area contributed by atoms with Crippen LogP contribution in [-0.4, -0.2) is 16.6 Å². The van der Waals surface area contributed by atoms with E-state index in [1.54, 1.807) is 6.07 Å². The minimum atomic E-state index is -0.0464. The molecule has 1 aromatic heterocycles.